The van der Waals surface area contributed by atoms with Gasteiger partial charge in [0.25, 0.3) is 0 Å². The summed E-state index contributed by atoms with van der Waals surface area (Å²) in [5.41, 5.74) is 9.11. The molecule has 0 spiro atoms. The Labute approximate surface area is 120 Å². The third-order valence-electron chi connectivity index (χ3n) is 2.69. The average Bonchev–Trinajstić information content (AvgIpc) is 2.71. The predicted molar refractivity (Wildman–Crippen MR) is 81.7 cm³/mol. The summed E-state index contributed by atoms with van der Waals surface area (Å²) in [6, 6.07) is 8.66. The van der Waals surface area contributed by atoms with E-state index in [1.54, 1.807) is 11.3 Å². The lowest BCUT2D eigenvalue weighted by Crippen LogP contribution is -1.97. The molecule has 96 valence electrons. The molecule has 2 rings (SSSR count). The third kappa shape index (κ3) is 3.19. The molecule has 2 aromatic rings. The molecule has 1 aromatic heterocycles. The SMILES string of the molecule is CC(C)Cc1ccc(-c2nc(CN)c(Br)s2)cc1. The zero-order valence-electron chi connectivity index (χ0n) is 10.6. The molecule has 0 aliphatic carbocycles. The highest BCUT2D eigenvalue weighted by atomic mass is 79.9. The molecule has 0 unspecified atom stereocenters. The Morgan fingerprint density at radius 1 is 1.28 bits per heavy atom. The Balaban J connectivity index is 2.22. The van der Waals surface area contributed by atoms with Crippen molar-refractivity contribution in [3.8, 4) is 10.6 Å². The van der Waals surface area contributed by atoms with Crippen molar-refractivity contribution in [2.75, 3.05) is 0 Å². The highest BCUT2D eigenvalue weighted by molar-refractivity contribution is 9.11. The normalized spacial score (nSPS) is 11.2. The van der Waals surface area contributed by atoms with E-state index in [1.807, 2.05) is 0 Å². The maximum Gasteiger partial charge on any atom is 0.124 e. The minimum absolute atomic E-state index is 0.475. The number of nitrogens with zero attached hydrogens (tertiary/aromatic N) is 1. The molecule has 2 nitrogen and oxygen atoms in total. The molecule has 0 aliphatic heterocycles. The van der Waals surface area contributed by atoms with Crippen LogP contribution in [0.3, 0.4) is 0 Å². The van der Waals surface area contributed by atoms with Gasteiger partial charge in [-0.05, 0) is 33.8 Å². The van der Waals surface area contributed by atoms with Crippen molar-refractivity contribution in [3.63, 3.8) is 0 Å². The summed E-state index contributed by atoms with van der Waals surface area (Å²) in [7, 11) is 0. The standard InChI is InChI=1S/C14H17BrN2S/c1-9(2)7-10-3-5-11(6-4-10)14-17-12(8-16)13(15)18-14/h3-6,9H,7-8,16H2,1-2H3. The summed E-state index contributed by atoms with van der Waals surface area (Å²) in [5, 5.41) is 1.03. The second kappa shape index (κ2) is 5.95. The molecular weight excluding hydrogens is 308 g/mol. The monoisotopic (exact) mass is 324 g/mol. The Morgan fingerprint density at radius 3 is 2.44 bits per heavy atom. The summed E-state index contributed by atoms with van der Waals surface area (Å²) in [6.45, 7) is 4.95. The predicted octanol–water partition coefficient (Wildman–Crippen LogP) is 4.23. The van der Waals surface area contributed by atoms with E-state index in [1.165, 1.54) is 5.56 Å². The van der Waals surface area contributed by atoms with E-state index in [2.05, 4.69) is 59.0 Å². The van der Waals surface area contributed by atoms with Gasteiger partial charge in [-0.15, -0.1) is 11.3 Å². The van der Waals surface area contributed by atoms with Crippen molar-refractivity contribution in [1.29, 1.82) is 0 Å². The summed E-state index contributed by atoms with van der Waals surface area (Å²) < 4.78 is 1.03. The van der Waals surface area contributed by atoms with Crippen LogP contribution in [0, 0.1) is 5.92 Å². The number of thiazole rings is 1. The first-order valence-electron chi connectivity index (χ1n) is 6.04. The molecule has 0 aliphatic rings. The van der Waals surface area contributed by atoms with Crippen LogP contribution in [0.15, 0.2) is 28.1 Å². The van der Waals surface area contributed by atoms with E-state index >= 15 is 0 Å². The minimum Gasteiger partial charge on any atom is -0.325 e. The van der Waals surface area contributed by atoms with E-state index in [0.717, 1.165) is 26.5 Å². The van der Waals surface area contributed by atoms with E-state index in [-0.39, 0.29) is 0 Å². The number of nitrogens with two attached hydrogens (primary N) is 1. The largest absolute Gasteiger partial charge is 0.325 e. The van der Waals surface area contributed by atoms with Gasteiger partial charge >= 0.3 is 0 Å². The van der Waals surface area contributed by atoms with Gasteiger partial charge in [-0.2, -0.15) is 0 Å². The van der Waals surface area contributed by atoms with Gasteiger partial charge in [-0.1, -0.05) is 38.1 Å². The Bertz CT molecular complexity index is 517. The van der Waals surface area contributed by atoms with Gasteiger partial charge < -0.3 is 5.73 Å². The number of hydrogen-bond acceptors (Lipinski definition) is 3. The van der Waals surface area contributed by atoms with Gasteiger partial charge in [0.05, 0.1) is 9.48 Å². The molecule has 0 atom stereocenters. The number of aromatic nitrogens is 1. The van der Waals surface area contributed by atoms with Crippen LogP contribution in [0.2, 0.25) is 0 Å². The van der Waals surface area contributed by atoms with E-state index in [4.69, 9.17) is 5.73 Å². The van der Waals surface area contributed by atoms with Gasteiger partial charge in [0, 0.05) is 12.1 Å². The fourth-order valence-electron chi connectivity index (χ4n) is 1.84. The van der Waals surface area contributed by atoms with E-state index in [0.29, 0.717) is 12.5 Å². The Morgan fingerprint density at radius 2 is 1.94 bits per heavy atom. The van der Waals surface area contributed by atoms with Crippen LogP contribution in [-0.4, -0.2) is 4.98 Å². The Kier molecular flexibility index (Phi) is 4.54. The number of rotatable bonds is 4. The fourth-order valence-corrected chi connectivity index (χ4v) is 3.37. The first-order valence-corrected chi connectivity index (χ1v) is 7.65. The zero-order valence-corrected chi connectivity index (χ0v) is 13.0. The van der Waals surface area contributed by atoms with Gasteiger partial charge in [-0.3, -0.25) is 0 Å². The summed E-state index contributed by atoms with van der Waals surface area (Å²) >= 11 is 5.14. The van der Waals surface area contributed by atoms with Crippen LogP contribution in [0.25, 0.3) is 10.6 Å². The van der Waals surface area contributed by atoms with Crippen molar-refractivity contribution in [2.24, 2.45) is 11.7 Å². The molecule has 0 saturated carbocycles. The third-order valence-corrected chi connectivity index (χ3v) is 4.57. The summed E-state index contributed by atoms with van der Waals surface area (Å²) in [5.74, 6) is 0.689. The van der Waals surface area contributed by atoms with Crippen LogP contribution in [-0.2, 0) is 13.0 Å². The lowest BCUT2D eigenvalue weighted by Gasteiger charge is -2.05. The maximum absolute atomic E-state index is 5.64. The van der Waals surface area contributed by atoms with Crippen LogP contribution in [0.4, 0.5) is 0 Å². The topological polar surface area (TPSA) is 38.9 Å². The van der Waals surface area contributed by atoms with Crippen molar-refractivity contribution in [3.05, 3.63) is 39.3 Å². The number of hydrogen-bond donors (Lipinski definition) is 1. The molecule has 0 radical (unpaired) electrons. The van der Waals surface area contributed by atoms with E-state index < -0.39 is 0 Å². The van der Waals surface area contributed by atoms with Crippen LogP contribution in [0.5, 0.6) is 0 Å². The quantitative estimate of drug-likeness (QED) is 0.914. The second-order valence-corrected chi connectivity index (χ2v) is 7.06. The van der Waals surface area contributed by atoms with Crippen molar-refractivity contribution in [1.82, 2.24) is 4.98 Å². The number of benzene rings is 1. The second-order valence-electron chi connectivity index (χ2n) is 4.74. The molecule has 2 N–H and O–H groups in total. The fraction of sp³-hybridized carbons (Fsp3) is 0.357. The molecule has 4 heteroatoms. The van der Waals surface area contributed by atoms with Crippen molar-refractivity contribution < 1.29 is 0 Å². The van der Waals surface area contributed by atoms with Crippen LogP contribution >= 0.6 is 27.3 Å². The zero-order chi connectivity index (χ0) is 13.1. The molecule has 1 heterocycles. The van der Waals surface area contributed by atoms with Gasteiger partial charge in [0.2, 0.25) is 0 Å². The lowest BCUT2D eigenvalue weighted by molar-refractivity contribution is 0.647. The van der Waals surface area contributed by atoms with Gasteiger partial charge in [0.15, 0.2) is 0 Å². The maximum atomic E-state index is 5.64. The van der Waals surface area contributed by atoms with E-state index in [9.17, 15) is 0 Å². The van der Waals surface area contributed by atoms with Crippen LogP contribution < -0.4 is 5.73 Å². The van der Waals surface area contributed by atoms with Crippen LogP contribution in [0.1, 0.15) is 25.1 Å². The first-order chi connectivity index (χ1) is 8.60. The lowest BCUT2D eigenvalue weighted by atomic mass is 10.0. The smallest absolute Gasteiger partial charge is 0.124 e. The van der Waals surface area contributed by atoms with Gasteiger partial charge in [0.1, 0.15) is 5.01 Å². The molecule has 0 fully saturated rings. The Hall–Kier alpha value is -0.710. The van der Waals surface area contributed by atoms with Gasteiger partial charge in [-0.25, -0.2) is 4.98 Å². The molecule has 0 bridgehead atoms. The first kappa shape index (κ1) is 13.7. The van der Waals surface area contributed by atoms with Crippen molar-refractivity contribution in [2.45, 2.75) is 26.8 Å². The number of halogens is 1. The van der Waals surface area contributed by atoms with Crippen molar-refractivity contribution >= 4 is 27.3 Å². The highest BCUT2D eigenvalue weighted by Gasteiger charge is 2.09. The molecule has 0 amide bonds. The summed E-state index contributed by atoms with van der Waals surface area (Å²) in [6.07, 6.45) is 1.12. The minimum atomic E-state index is 0.475. The molecule has 0 saturated heterocycles. The molecule has 18 heavy (non-hydrogen) atoms. The molecular formula is C14H17BrN2S. The highest BCUT2D eigenvalue weighted by Crippen LogP contribution is 2.32. The molecule has 1 aromatic carbocycles. The average molecular weight is 325 g/mol. The summed E-state index contributed by atoms with van der Waals surface area (Å²) in [4.78, 5) is 4.54.